The van der Waals surface area contributed by atoms with Gasteiger partial charge in [0.05, 0.1) is 32.1 Å². The number of nitrogens with zero attached hydrogens (tertiary/aromatic N) is 3. The first-order chi connectivity index (χ1) is 7.70. The van der Waals surface area contributed by atoms with Gasteiger partial charge in [0.25, 0.3) is 0 Å². The van der Waals surface area contributed by atoms with Gasteiger partial charge in [-0.25, -0.2) is 4.98 Å². The van der Waals surface area contributed by atoms with Crippen molar-refractivity contribution in [3.63, 3.8) is 0 Å². The molecule has 1 atom stereocenters. The number of ether oxygens (including phenoxy) is 1. The second kappa shape index (κ2) is 5.14. The largest absolute Gasteiger partial charge is 0.394 e. The molecule has 16 heavy (non-hydrogen) atoms. The van der Waals surface area contributed by atoms with Crippen LogP contribution in [0.3, 0.4) is 0 Å². The highest BCUT2D eigenvalue weighted by atomic mass is 35.5. The molecule has 0 spiro atoms. The van der Waals surface area contributed by atoms with Gasteiger partial charge < -0.3 is 14.4 Å². The third-order valence-corrected chi connectivity index (χ3v) is 3.17. The molecule has 0 radical (unpaired) electrons. The highest BCUT2D eigenvalue weighted by molar-refractivity contribution is 6.29. The summed E-state index contributed by atoms with van der Waals surface area (Å²) < 4.78 is 7.25. The predicted octanol–water partition coefficient (Wildman–Crippen LogP) is 0.267. The maximum absolute atomic E-state index is 9.04. The van der Waals surface area contributed by atoms with E-state index in [-0.39, 0.29) is 12.7 Å². The summed E-state index contributed by atoms with van der Waals surface area (Å²) in [7, 11) is 1.90. The van der Waals surface area contributed by atoms with E-state index in [1.165, 1.54) is 0 Å². The molecule has 6 heteroatoms. The molecule has 0 saturated carbocycles. The summed E-state index contributed by atoms with van der Waals surface area (Å²) in [5.41, 5.74) is 0. The summed E-state index contributed by atoms with van der Waals surface area (Å²) in [5, 5.41) is 9.68. The Labute approximate surface area is 99.6 Å². The number of imidazole rings is 1. The van der Waals surface area contributed by atoms with Gasteiger partial charge in [0.15, 0.2) is 0 Å². The molecule has 90 valence electrons. The van der Waals surface area contributed by atoms with E-state index in [0.29, 0.717) is 11.8 Å². The molecular weight excluding hydrogens is 230 g/mol. The zero-order chi connectivity index (χ0) is 11.5. The second-order valence-electron chi connectivity index (χ2n) is 3.97. The quantitative estimate of drug-likeness (QED) is 0.831. The standard InChI is InChI=1S/C10H16ClN3O2/c1-13-9(11)4-12-10(13)6-14-2-3-16-8(5-14)7-15/h4,8,15H,2-3,5-7H2,1H3. The Kier molecular flexibility index (Phi) is 3.81. The first-order valence-electron chi connectivity index (χ1n) is 5.31. The SMILES string of the molecule is Cn1c(Cl)cnc1CN1CCOC(CO)C1. The van der Waals surface area contributed by atoms with Crippen LogP contribution in [0, 0.1) is 0 Å². The first kappa shape index (κ1) is 11.9. The van der Waals surface area contributed by atoms with E-state index in [9.17, 15) is 0 Å². The Balaban J connectivity index is 1.96. The molecule has 0 amide bonds. The minimum Gasteiger partial charge on any atom is -0.394 e. The fourth-order valence-electron chi connectivity index (χ4n) is 1.81. The minimum absolute atomic E-state index is 0.0673. The number of aliphatic hydroxyl groups excluding tert-OH is 1. The predicted molar refractivity (Wildman–Crippen MR) is 60.3 cm³/mol. The van der Waals surface area contributed by atoms with Crippen LogP contribution in [0.25, 0.3) is 0 Å². The van der Waals surface area contributed by atoms with Crippen molar-refractivity contribution in [2.24, 2.45) is 7.05 Å². The molecule has 5 nitrogen and oxygen atoms in total. The third-order valence-electron chi connectivity index (χ3n) is 2.82. The van der Waals surface area contributed by atoms with Crippen molar-refractivity contribution in [2.75, 3.05) is 26.3 Å². The second-order valence-corrected chi connectivity index (χ2v) is 4.35. The number of aromatic nitrogens is 2. The summed E-state index contributed by atoms with van der Waals surface area (Å²) in [4.78, 5) is 6.46. The third kappa shape index (κ3) is 2.55. The Morgan fingerprint density at radius 2 is 2.50 bits per heavy atom. The molecule has 1 aliphatic rings. The van der Waals surface area contributed by atoms with Crippen LogP contribution in [0.4, 0.5) is 0 Å². The van der Waals surface area contributed by atoms with E-state index in [1.54, 1.807) is 6.20 Å². The van der Waals surface area contributed by atoms with E-state index >= 15 is 0 Å². The molecule has 0 aromatic carbocycles. The van der Waals surface area contributed by atoms with Crippen LogP contribution in [0.15, 0.2) is 6.20 Å². The molecule has 1 aliphatic heterocycles. The number of hydrogen-bond donors (Lipinski definition) is 1. The molecular formula is C10H16ClN3O2. The van der Waals surface area contributed by atoms with Gasteiger partial charge in [-0.1, -0.05) is 11.6 Å². The van der Waals surface area contributed by atoms with Gasteiger partial charge in [-0.2, -0.15) is 0 Å². The van der Waals surface area contributed by atoms with Crippen molar-refractivity contribution < 1.29 is 9.84 Å². The summed E-state index contributed by atoms with van der Waals surface area (Å²) >= 11 is 5.92. The van der Waals surface area contributed by atoms with Crippen molar-refractivity contribution in [1.82, 2.24) is 14.5 Å². The van der Waals surface area contributed by atoms with Crippen LogP contribution in [-0.2, 0) is 18.3 Å². The average molecular weight is 246 g/mol. The van der Waals surface area contributed by atoms with Gasteiger partial charge in [-0.15, -0.1) is 0 Å². The lowest BCUT2D eigenvalue weighted by molar-refractivity contribution is -0.0558. The van der Waals surface area contributed by atoms with Crippen LogP contribution in [0.5, 0.6) is 0 Å². The van der Waals surface area contributed by atoms with Gasteiger partial charge in [0, 0.05) is 20.1 Å². The lowest BCUT2D eigenvalue weighted by Gasteiger charge is -2.31. The van der Waals surface area contributed by atoms with E-state index in [2.05, 4.69) is 9.88 Å². The Bertz CT molecular complexity index is 356. The molecule has 2 rings (SSSR count). The van der Waals surface area contributed by atoms with Crippen LogP contribution >= 0.6 is 11.6 Å². The maximum atomic E-state index is 9.04. The minimum atomic E-state index is -0.0792. The monoisotopic (exact) mass is 245 g/mol. The van der Waals surface area contributed by atoms with Crippen LogP contribution < -0.4 is 0 Å². The Hall–Kier alpha value is -0.620. The molecule has 0 aliphatic carbocycles. The summed E-state index contributed by atoms with van der Waals surface area (Å²) in [5.74, 6) is 0.934. The number of morpholine rings is 1. The maximum Gasteiger partial charge on any atom is 0.128 e. The van der Waals surface area contributed by atoms with E-state index in [1.807, 2.05) is 11.6 Å². The highest BCUT2D eigenvalue weighted by Gasteiger charge is 2.20. The van der Waals surface area contributed by atoms with Gasteiger partial charge in [-0.3, -0.25) is 4.90 Å². The number of rotatable bonds is 3. The Morgan fingerprint density at radius 3 is 3.12 bits per heavy atom. The molecule has 1 aromatic heterocycles. The fraction of sp³-hybridized carbons (Fsp3) is 0.700. The van der Waals surface area contributed by atoms with Crippen molar-refractivity contribution >= 4 is 11.6 Å². The van der Waals surface area contributed by atoms with E-state index in [0.717, 1.165) is 25.5 Å². The van der Waals surface area contributed by atoms with Gasteiger partial charge in [0.2, 0.25) is 0 Å². The lowest BCUT2D eigenvalue weighted by Crippen LogP contribution is -2.43. The number of aliphatic hydroxyl groups is 1. The van der Waals surface area contributed by atoms with Crippen LogP contribution in [0.2, 0.25) is 5.15 Å². The average Bonchev–Trinajstić information content (AvgIpc) is 2.61. The summed E-state index contributed by atoms with van der Waals surface area (Å²) in [6, 6.07) is 0. The molecule has 1 aromatic rings. The smallest absolute Gasteiger partial charge is 0.128 e. The summed E-state index contributed by atoms with van der Waals surface area (Å²) in [6.07, 6.45) is 1.57. The number of hydrogen-bond acceptors (Lipinski definition) is 4. The molecule has 2 heterocycles. The van der Waals surface area contributed by atoms with Gasteiger partial charge in [0.1, 0.15) is 11.0 Å². The highest BCUT2D eigenvalue weighted by Crippen LogP contribution is 2.13. The lowest BCUT2D eigenvalue weighted by atomic mass is 10.3. The van der Waals surface area contributed by atoms with Crippen molar-refractivity contribution in [1.29, 1.82) is 0 Å². The zero-order valence-electron chi connectivity index (χ0n) is 9.27. The fourth-order valence-corrected chi connectivity index (χ4v) is 1.95. The molecule has 1 unspecified atom stereocenters. The van der Waals surface area contributed by atoms with Crippen molar-refractivity contribution in [3.8, 4) is 0 Å². The molecule has 1 fully saturated rings. The van der Waals surface area contributed by atoms with Crippen LogP contribution in [-0.4, -0.2) is 52.0 Å². The van der Waals surface area contributed by atoms with Gasteiger partial charge >= 0.3 is 0 Å². The van der Waals surface area contributed by atoms with E-state index < -0.39 is 0 Å². The zero-order valence-corrected chi connectivity index (χ0v) is 10.0. The molecule has 0 bridgehead atoms. The first-order valence-corrected chi connectivity index (χ1v) is 5.69. The van der Waals surface area contributed by atoms with E-state index in [4.69, 9.17) is 21.4 Å². The topological polar surface area (TPSA) is 50.5 Å². The molecule has 1 N–H and O–H groups in total. The summed E-state index contributed by atoms with van der Waals surface area (Å²) in [6.45, 7) is 3.06. The Morgan fingerprint density at radius 1 is 1.69 bits per heavy atom. The van der Waals surface area contributed by atoms with Crippen molar-refractivity contribution in [2.45, 2.75) is 12.6 Å². The van der Waals surface area contributed by atoms with Crippen LogP contribution in [0.1, 0.15) is 5.82 Å². The van der Waals surface area contributed by atoms with Crippen molar-refractivity contribution in [3.05, 3.63) is 17.2 Å². The van der Waals surface area contributed by atoms with Gasteiger partial charge in [-0.05, 0) is 0 Å². The normalized spacial score (nSPS) is 22.6. The number of halogens is 1. The molecule has 1 saturated heterocycles.